The minimum Gasteiger partial charge on any atom is -0.486 e. The van der Waals surface area contributed by atoms with Crippen LogP contribution >= 0.6 is 0 Å². The van der Waals surface area contributed by atoms with Crippen molar-refractivity contribution < 1.29 is 19.0 Å². The highest BCUT2D eigenvalue weighted by Crippen LogP contribution is 2.30. The lowest BCUT2D eigenvalue weighted by atomic mass is 10.2. The molecule has 126 valence electrons. The standard InChI is InChI=1S/C19H21NO4/c1-20(14-15-5-3-2-4-6-15)9-10-24-19(21)16-7-8-17-18(13-16)23-12-11-22-17/h2-8,13H,9-12,14H2,1H3. The summed E-state index contributed by atoms with van der Waals surface area (Å²) >= 11 is 0. The third-order valence-corrected chi connectivity index (χ3v) is 3.78. The average molecular weight is 327 g/mol. The van der Waals surface area contributed by atoms with E-state index >= 15 is 0 Å². The third-order valence-electron chi connectivity index (χ3n) is 3.78. The molecule has 0 spiro atoms. The van der Waals surface area contributed by atoms with Gasteiger partial charge in [0.1, 0.15) is 19.8 Å². The van der Waals surface area contributed by atoms with Crippen LogP contribution in [0.2, 0.25) is 0 Å². The number of fused-ring (bicyclic) bond motifs is 1. The van der Waals surface area contributed by atoms with Gasteiger partial charge >= 0.3 is 5.97 Å². The Morgan fingerprint density at radius 2 is 1.83 bits per heavy atom. The summed E-state index contributed by atoms with van der Waals surface area (Å²) in [6.07, 6.45) is 0. The minimum atomic E-state index is -0.347. The number of esters is 1. The van der Waals surface area contributed by atoms with Gasteiger partial charge in [-0.3, -0.25) is 4.90 Å². The predicted octanol–water partition coefficient (Wildman–Crippen LogP) is 2.75. The molecule has 0 fully saturated rings. The Hall–Kier alpha value is -2.53. The Bertz CT molecular complexity index is 687. The summed E-state index contributed by atoms with van der Waals surface area (Å²) < 4.78 is 16.3. The summed E-state index contributed by atoms with van der Waals surface area (Å²) in [7, 11) is 2.00. The number of likely N-dealkylation sites (N-methyl/N-ethyl adjacent to an activating group) is 1. The smallest absolute Gasteiger partial charge is 0.338 e. The van der Waals surface area contributed by atoms with E-state index in [1.165, 1.54) is 5.56 Å². The summed E-state index contributed by atoms with van der Waals surface area (Å²) in [6.45, 7) is 2.87. The first-order chi connectivity index (χ1) is 11.7. The Morgan fingerprint density at radius 3 is 2.62 bits per heavy atom. The first kappa shape index (κ1) is 16.3. The molecule has 0 unspecified atom stereocenters. The molecular formula is C19H21NO4. The molecule has 0 aromatic heterocycles. The molecule has 0 bridgehead atoms. The van der Waals surface area contributed by atoms with Gasteiger partial charge in [-0.2, -0.15) is 0 Å². The van der Waals surface area contributed by atoms with Crippen LogP contribution in [-0.2, 0) is 11.3 Å². The van der Waals surface area contributed by atoms with Crippen molar-refractivity contribution >= 4 is 5.97 Å². The zero-order chi connectivity index (χ0) is 16.8. The van der Waals surface area contributed by atoms with Crippen LogP contribution < -0.4 is 9.47 Å². The summed E-state index contributed by atoms with van der Waals surface area (Å²) in [4.78, 5) is 14.3. The van der Waals surface area contributed by atoms with Gasteiger partial charge in [0.2, 0.25) is 0 Å². The fraction of sp³-hybridized carbons (Fsp3) is 0.316. The quantitative estimate of drug-likeness (QED) is 0.764. The molecule has 0 amide bonds. The van der Waals surface area contributed by atoms with Gasteiger partial charge in [-0.05, 0) is 30.8 Å². The molecule has 2 aromatic rings. The van der Waals surface area contributed by atoms with Gasteiger partial charge < -0.3 is 14.2 Å². The zero-order valence-electron chi connectivity index (χ0n) is 13.7. The molecule has 5 heteroatoms. The van der Waals surface area contributed by atoms with Crippen LogP contribution in [0, 0.1) is 0 Å². The van der Waals surface area contributed by atoms with Crippen LogP contribution in [-0.4, -0.2) is 44.3 Å². The number of rotatable bonds is 6. The summed E-state index contributed by atoms with van der Waals surface area (Å²) in [5.74, 6) is 0.914. The van der Waals surface area contributed by atoms with E-state index in [2.05, 4.69) is 17.0 Å². The van der Waals surface area contributed by atoms with E-state index in [9.17, 15) is 4.79 Å². The van der Waals surface area contributed by atoms with Crippen LogP contribution in [0.15, 0.2) is 48.5 Å². The number of nitrogens with zero attached hydrogens (tertiary/aromatic N) is 1. The van der Waals surface area contributed by atoms with Gasteiger partial charge in [-0.1, -0.05) is 30.3 Å². The molecule has 0 saturated heterocycles. The average Bonchev–Trinajstić information content (AvgIpc) is 2.62. The molecule has 0 aliphatic carbocycles. The lowest BCUT2D eigenvalue weighted by Crippen LogP contribution is -2.24. The highest BCUT2D eigenvalue weighted by Gasteiger charge is 2.15. The molecule has 3 rings (SSSR count). The van der Waals surface area contributed by atoms with E-state index in [0.717, 1.165) is 6.54 Å². The van der Waals surface area contributed by atoms with Crippen molar-refractivity contribution in [2.75, 3.05) is 33.4 Å². The van der Waals surface area contributed by atoms with Gasteiger partial charge in [-0.15, -0.1) is 0 Å². The Kier molecular flexibility index (Phi) is 5.33. The van der Waals surface area contributed by atoms with Gasteiger partial charge in [0.25, 0.3) is 0 Å². The van der Waals surface area contributed by atoms with Crippen molar-refractivity contribution in [1.82, 2.24) is 4.90 Å². The molecule has 0 saturated carbocycles. The van der Waals surface area contributed by atoms with Gasteiger partial charge in [-0.25, -0.2) is 4.79 Å². The van der Waals surface area contributed by atoms with Crippen LogP contribution in [0.1, 0.15) is 15.9 Å². The maximum Gasteiger partial charge on any atom is 0.338 e. The molecule has 1 aliphatic rings. The topological polar surface area (TPSA) is 48.0 Å². The fourth-order valence-electron chi connectivity index (χ4n) is 2.52. The van der Waals surface area contributed by atoms with E-state index in [-0.39, 0.29) is 5.97 Å². The molecule has 5 nitrogen and oxygen atoms in total. The van der Waals surface area contributed by atoms with Gasteiger partial charge in [0.05, 0.1) is 5.56 Å². The van der Waals surface area contributed by atoms with Crippen LogP contribution in [0.25, 0.3) is 0 Å². The molecule has 0 N–H and O–H groups in total. The Balaban J connectivity index is 1.47. The Labute approximate surface area is 141 Å². The third kappa shape index (κ3) is 4.26. The van der Waals surface area contributed by atoms with Crippen molar-refractivity contribution in [3.8, 4) is 11.5 Å². The molecule has 2 aromatic carbocycles. The molecule has 0 radical (unpaired) electrons. The minimum absolute atomic E-state index is 0.344. The molecule has 0 atom stereocenters. The van der Waals surface area contributed by atoms with Crippen molar-refractivity contribution in [2.45, 2.75) is 6.54 Å². The monoisotopic (exact) mass is 327 g/mol. The summed E-state index contributed by atoms with van der Waals surface area (Å²) in [6, 6.07) is 15.3. The van der Waals surface area contributed by atoms with Crippen molar-refractivity contribution in [3.05, 3.63) is 59.7 Å². The van der Waals surface area contributed by atoms with Gasteiger partial charge in [0.15, 0.2) is 11.5 Å². The highest BCUT2D eigenvalue weighted by molar-refractivity contribution is 5.90. The van der Waals surface area contributed by atoms with E-state index in [0.29, 0.717) is 43.4 Å². The van der Waals surface area contributed by atoms with Crippen molar-refractivity contribution in [2.24, 2.45) is 0 Å². The number of carbonyl (C=O) groups excluding carboxylic acids is 1. The summed E-state index contributed by atoms with van der Waals surface area (Å²) in [5.41, 5.74) is 1.71. The fourth-order valence-corrected chi connectivity index (χ4v) is 2.52. The second-order valence-electron chi connectivity index (χ2n) is 5.72. The lowest BCUT2D eigenvalue weighted by molar-refractivity contribution is 0.0469. The van der Waals surface area contributed by atoms with Crippen LogP contribution in [0.4, 0.5) is 0 Å². The number of benzene rings is 2. The normalized spacial score (nSPS) is 12.9. The molecular weight excluding hydrogens is 306 g/mol. The Morgan fingerprint density at radius 1 is 1.08 bits per heavy atom. The number of hydrogen-bond donors (Lipinski definition) is 0. The second-order valence-corrected chi connectivity index (χ2v) is 5.72. The molecule has 1 aliphatic heterocycles. The number of carbonyl (C=O) groups is 1. The van der Waals surface area contributed by atoms with E-state index < -0.39 is 0 Å². The number of hydrogen-bond acceptors (Lipinski definition) is 5. The first-order valence-electron chi connectivity index (χ1n) is 8.01. The van der Waals surface area contributed by atoms with Gasteiger partial charge in [0, 0.05) is 13.1 Å². The largest absolute Gasteiger partial charge is 0.486 e. The lowest BCUT2D eigenvalue weighted by Gasteiger charge is -2.19. The predicted molar refractivity (Wildman–Crippen MR) is 90.5 cm³/mol. The number of ether oxygens (including phenoxy) is 3. The van der Waals surface area contributed by atoms with Crippen LogP contribution in [0.5, 0.6) is 11.5 Å². The highest BCUT2D eigenvalue weighted by atomic mass is 16.6. The SMILES string of the molecule is CN(CCOC(=O)c1ccc2c(c1)OCCO2)Cc1ccccc1. The van der Waals surface area contributed by atoms with Crippen molar-refractivity contribution in [3.63, 3.8) is 0 Å². The van der Waals surface area contributed by atoms with E-state index in [4.69, 9.17) is 14.2 Å². The zero-order valence-corrected chi connectivity index (χ0v) is 13.7. The van der Waals surface area contributed by atoms with E-state index in [1.54, 1.807) is 18.2 Å². The summed E-state index contributed by atoms with van der Waals surface area (Å²) in [5, 5.41) is 0. The first-order valence-corrected chi connectivity index (χ1v) is 8.01. The maximum atomic E-state index is 12.1. The molecule has 24 heavy (non-hydrogen) atoms. The maximum absolute atomic E-state index is 12.1. The van der Waals surface area contributed by atoms with Crippen LogP contribution in [0.3, 0.4) is 0 Å². The van der Waals surface area contributed by atoms with Crippen molar-refractivity contribution in [1.29, 1.82) is 0 Å². The van der Waals surface area contributed by atoms with E-state index in [1.807, 2.05) is 25.2 Å². The second kappa shape index (κ2) is 7.84. The molecule has 1 heterocycles.